The molecule has 0 aliphatic carbocycles. The number of amides is 2. The van der Waals surface area contributed by atoms with Crippen LogP contribution in [0.25, 0.3) is 11.1 Å². The molecule has 0 bridgehead atoms. The Bertz CT molecular complexity index is 1080. The van der Waals surface area contributed by atoms with Crippen molar-refractivity contribution in [1.29, 1.82) is 0 Å². The van der Waals surface area contributed by atoms with E-state index in [4.69, 9.17) is 0 Å². The minimum Gasteiger partial charge on any atom is -0.357 e. The number of carbonyl (C=O) groups excluding carboxylic acids is 2. The molecule has 2 aromatic heterocycles. The van der Waals surface area contributed by atoms with Crippen LogP contribution in [-0.2, 0) is 11.3 Å². The minimum absolute atomic E-state index is 0.0796. The average molecular weight is 408 g/mol. The predicted octanol–water partition coefficient (Wildman–Crippen LogP) is 2.23. The van der Waals surface area contributed by atoms with E-state index in [0.29, 0.717) is 31.7 Å². The summed E-state index contributed by atoms with van der Waals surface area (Å²) in [6.45, 7) is 2.36. The predicted molar refractivity (Wildman–Crippen MR) is 106 cm³/mol. The van der Waals surface area contributed by atoms with E-state index in [9.17, 15) is 14.0 Å². The Kier molecular flexibility index (Phi) is 4.57. The van der Waals surface area contributed by atoms with Crippen molar-refractivity contribution in [3.63, 3.8) is 0 Å². The third-order valence-electron chi connectivity index (χ3n) is 5.70. The second-order valence-electron chi connectivity index (χ2n) is 7.78. The summed E-state index contributed by atoms with van der Waals surface area (Å²) in [5, 5.41) is 8.35. The zero-order valence-electron chi connectivity index (χ0n) is 16.3. The Morgan fingerprint density at radius 1 is 1.20 bits per heavy atom. The van der Waals surface area contributed by atoms with Gasteiger partial charge in [-0.05, 0) is 35.7 Å². The first-order chi connectivity index (χ1) is 14.6. The molecule has 8 nitrogen and oxygen atoms in total. The second kappa shape index (κ2) is 7.40. The van der Waals surface area contributed by atoms with E-state index >= 15 is 0 Å². The molecule has 2 aliphatic rings. The highest BCUT2D eigenvalue weighted by molar-refractivity contribution is 5.94. The van der Waals surface area contributed by atoms with Crippen LogP contribution in [0.4, 0.5) is 4.39 Å². The Labute approximate surface area is 172 Å². The third kappa shape index (κ3) is 3.47. The summed E-state index contributed by atoms with van der Waals surface area (Å²) in [4.78, 5) is 31.0. The fraction of sp³-hybridized carbons (Fsp3) is 0.333. The number of benzene rings is 1. The van der Waals surface area contributed by atoms with Crippen molar-refractivity contribution >= 4 is 11.8 Å². The van der Waals surface area contributed by atoms with Gasteiger partial charge in [-0.1, -0.05) is 17.3 Å². The molecule has 2 fully saturated rings. The van der Waals surface area contributed by atoms with Crippen molar-refractivity contribution in [3.8, 4) is 11.1 Å². The zero-order chi connectivity index (χ0) is 20.7. The SMILES string of the molecule is O=C1CCCN1Cc1cn(C2CN(C(=O)c3cc(-c4ccc(F)cc4)c[nH]3)C2)nn1. The number of aromatic nitrogens is 4. The molecule has 0 unspecified atom stereocenters. The van der Waals surface area contributed by atoms with Gasteiger partial charge in [-0.2, -0.15) is 0 Å². The number of likely N-dealkylation sites (tertiary alicyclic amines) is 2. The van der Waals surface area contributed by atoms with Gasteiger partial charge in [0.1, 0.15) is 17.2 Å². The van der Waals surface area contributed by atoms with Crippen LogP contribution in [0.5, 0.6) is 0 Å². The number of nitrogens with one attached hydrogen (secondary N) is 1. The summed E-state index contributed by atoms with van der Waals surface area (Å²) in [7, 11) is 0. The zero-order valence-corrected chi connectivity index (χ0v) is 16.3. The van der Waals surface area contributed by atoms with Gasteiger partial charge in [0.2, 0.25) is 5.91 Å². The molecular weight excluding hydrogens is 387 g/mol. The molecule has 0 radical (unpaired) electrons. The van der Waals surface area contributed by atoms with Crippen molar-refractivity contribution in [1.82, 2.24) is 29.8 Å². The van der Waals surface area contributed by atoms with Gasteiger partial charge in [0.25, 0.3) is 5.91 Å². The fourth-order valence-corrected chi connectivity index (χ4v) is 3.92. The molecule has 1 aromatic carbocycles. The first-order valence-electron chi connectivity index (χ1n) is 9.99. The summed E-state index contributed by atoms with van der Waals surface area (Å²) < 4.78 is 14.9. The Morgan fingerprint density at radius 2 is 2.00 bits per heavy atom. The molecule has 0 spiro atoms. The molecule has 2 saturated heterocycles. The first-order valence-corrected chi connectivity index (χ1v) is 9.99. The van der Waals surface area contributed by atoms with Crippen LogP contribution in [0.2, 0.25) is 0 Å². The number of rotatable bonds is 5. The molecule has 5 rings (SSSR count). The van der Waals surface area contributed by atoms with E-state index in [0.717, 1.165) is 29.8 Å². The van der Waals surface area contributed by atoms with Gasteiger partial charge in [-0.25, -0.2) is 9.07 Å². The molecule has 154 valence electrons. The summed E-state index contributed by atoms with van der Waals surface area (Å²) in [6, 6.07) is 8.03. The van der Waals surface area contributed by atoms with Crippen LogP contribution >= 0.6 is 0 Å². The van der Waals surface area contributed by atoms with E-state index < -0.39 is 0 Å². The number of aromatic amines is 1. The molecule has 3 aromatic rings. The van der Waals surface area contributed by atoms with Crippen LogP contribution in [0.1, 0.15) is 35.1 Å². The number of nitrogens with zero attached hydrogens (tertiary/aromatic N) is 5. The van der Waals surface area contributed by atoms with Gasteiger partial charge >= 0.3 is 0 Å². The minimum atomic E-state index is -0.291. The molecule has 1 N–H and O–H groups in total. The standard InChI is InChI=1S/C21H21FN6O2/c22-16-5-3-14(4-6-16)15-8-19(23-9-15)21(30)27-12-18(13-27)28-11-17(24-25-28)10-26-7-1-2-20(26)29/h3-6,8-9,11,18,23H,1-2,7,10,12-13H2. The molecule has 0 atom stereocenters. The van der Waals surface area contributed by atoms with Gasteiger partial charge in [-0.3, -0.25) is 9.59 Å². The van der Waals surface area contributed by atoms with E-state index in [1.54, 1.807) is 38.9 Å². The van der Waals surface area contributed by atoms with Gasteiger partial charge in [0.15, 0.2) is 0 Å². The van der Waals surface area contributed by atoms with Crippen molar-refractivity contribution in [3.05, 3.63) is 59.9 Å². The highest BCUT2D eigenvalue weighted by Gasteiger charge is 2.34. The molecule has 4 heterocycles. The number of H-pyrrole nitrogens is 1. The van der Waals surface area contributed by atoms with Gasteiger partial charge in [-0.15, -0.1) is 5.10 Å². The van der Waals surface area contributed by atoms with E-state index in [-0.39, 0.29) is 23.7 Å². The van der Waals surface area contributed by atoms with Crippen LogP contribution in [-0.4, -0.2) is 61.2 Å². The van der Waals surface area contributed by atoms with Crippen molar-refractivity contribution in [2.45, 2.75) is 25.4 Å². The molecule has 9 heteroatoms. The average Bonchev–Trinajstić information content (AvgIpc) is 3.44. The lowest BCUT2D eigenvalue weighted by Gasteiger charge is -2.38. The van der Waals surface area contributed by atoms with Gasteiger partial charge in [0.05, 0.1) is 18.8 Å². The van der Waals surface area contributed by atoms with E-state index in [2.05, 4.69) is 15.3 Å². The number of hydrogen-bond donors (Lipinski definition) is 1. The quantitative estimate of drug-likeness (QED) is 0.701. The summed E-state index contributed by atoms with van der Waals surface area (Å²) in [5.74, 6) is -0.209. The summed E-state index contributed by atoms with van der Waals surface area (Å²) in [6.07, 6.45) is 5.12. The van der Waals surface area contributed by atoms with Crippen molar-refractivity contribution in [2.24, 2.45) is 0 Å². The van der Waals surface area contributed by atoms with E-state index in [1.165, 1.54) is 12.1 Å². The maximum Gasteiger partial charge on any atom is 0.270 e. The number of carbonyl (C=O) groups is 2. The van der Waals surface area contributed by atoms with Crippen LogP contribution in [0.3, 0.4) is 0 Å². The molecule has 30 heavy (non-hydrogen) atoms. The maximum absolute atomic E-state index is 13.1. The maximum atomic E-state index is 13.1. The first kappa shape index (κ1) is 18.5. The van der Waals surface area contributed by atoms with Crippen LogP contribution < -0.4 is 0 Å². The molecule has 0 saturated carbocycles. The van der Waals surface area contributed by atoms with E-state index in [1.807, 2.05) is 6.20 Å². The highest BCUT2D eigenvalue weighted by atomic mass is 19.1. The lowest BCUT2D eigenvalue weighted by molar-refractivity contribution is -0.128. The fourth-order valence-electron chi connectivity index (χ4n) is 3.92. The molecule has 2 amide bonds. The second-order valence-corrected chi connectivity index (χ2v) is 7.78. The number of halogens is 1. The number of hydrogen-bond acceptors (Lipinski definition) is 4. The summed E-state index contributed by atoms with van der Waals surface area (Å²) in [5.41, 5.74) is 2.95. The Balaban J connectivity index is 1.18. The van der Waals surface area contributed by atoms with Gasteiger partial charge in [0, 0.05) is 32.3 Å². The smallest absolute Gasteiger partial charge is 0.270 e. The monoisotopic (exact) mass is 408 g/mol. The topological polar surface area (TPSA) is 87.1 Å². The van der Waals surface area contributed by atoms with Crippen molar-refractivity contribution < 1.29 is 14.0 Å². The largest absolute Gasteiger partial charge is 0.357 e. The lowest BCUT2D eigenvalue weighted by atomic mass is 10.1. The molecular formula is C21H21FN6O2. The third-order valence-corrected chi connectivity index (χ3v) is 5.70. The Hall–Kier alpha value is -3.49. The highest BCUT2D eigenvalue weighted by Crippen LogP contribution is 2.25. The van der Waals surface area contributed by atoms with Gasteiger partial charge < -0.3 is 14.8 Å². The van der Waals surface area contributed by atoms with Crippen LogP contribution in [0, 0.1) is 5.82 Å². The molecule has 2 aliphatic heterocycles. The summed E-state index contributed by atoms with van der Waals surface area (Å²) >= 11 is 0. The Morgan fingerprint density at radius 3 is 2.73 bits per heavy atom. The lowest BCUT2D eigenvalue weighted by Crippen LogP contribution is -2.51. The normalized spacial score (nSPS) is 16.9. The van der Waals surface area contributed by atoms with Crippen molar-refractivity contribution in [2.75, 3.05) is 19.6 Å². The van der Waals surface area contributed by atoms with Crippen LogP contribution in [0.15, 0.2) is 42.7 Å².